The minimum absolute atomic E-state index is 0.0485. The van der Waals surface area contributed by atoms with Gasteiger partial charge in [0.25, 0.3) is 5.91 Å². The van der Waals surface area contributed by atoms with Gasteiger partial charge in [-0.2, -0.15) is 0 Å². The molecule has 0 spiro atoms. The van der Waals surface area contributed by atoms with Crippen molar-refractivity contribution in [2.45, 2.75) is 33.6 Å². The number of hydrogen-bond acceptors (Lipinski definition) is 6. The van der Waals surface area contributed by atoms with Crippen LogP contribution in [-0.2, 0) is 30.3 Å². The second kappa shape index (κ2) is 11.4. The zero-order valence-electron chi connectivity index (χ0n) is 19.7. The molecule has 1 aliphatic rings. The first-order valence-electron chi connectivity index (χ1n) is 11.4. The third-order valence-electron chi connectivity index (χ3n) is 5.42. The maximum atomic E-state index is 12.5. The summed E-state index contributed by atoms with van der Waals surface area (Å²) in [6.07, 6.45) is 0.822. The summed E-state index contributed by atoms with van der Waals surface area (Å²) in [6.45, 7) is 6.00. The van der Waals surface area contributed by atoms with Crippen LogP contribution in [0.5, 0.6) is 0 Å². The molecule has 8 nitrogen and oxygen atoms in total. The highest BCUT2D eigenvalue weighted by Crippen LogP contribution is 2.29. The molecule has 1 atom stereocenters. The fourth-order valence-electron chi connectivity index (χ4n) is 3.64. The largest absolute Gasteiger partial charge is 0.462 e. The molecule has 2 amide bonds. The van der Waals surface area contributed by atoms with E-state index in [4.69, 9.17) is 9.47 Å². The number of ether oxygens (including phenoxy) is 2. The number of nitrogens with one attached hydrogen (secondary N) is 1. The van der Waals surface area contributed by atoms with Crippen LogP contribution < -0.4 is 10.2 Å². The second-order valence-electron chi connectivity index (χ2n) is 8.61. The van der Waals surface area contributed by atoms with E-state index < -0.39 is 30.4 Å². The van der Waals surface area contributed by atoms with Crippen molar-refractivity contribution in [1.82, 2.24) is 0 Å². The third kappa shape index (κ3) is 6.43. The molecular formula is C26H30N2O6. The fourth-order valence-corrected chi connectivity index (χ4v) is 3.64. The summed E-state index contributed by atoms with van der Waals surface area (Å²) < 4.78 is 10.3. The molecule has 0 aliphatic carbocycles. The molecule has 1 saturated heterocycles. The Morgan fingerprint density at radius 1 is 1.06 bits per heavy atom. The molecule has 3 rings (SSSR count). The van der Waals surface area contributed by atoms with Crippen molar-refractivity contribution >= 4 is 35.1 Å². The van der Waals surface area contributed by atoms with Crippen molar-refractivity contribution < 1.29 is 28.7 Å². The summed E-state index contributed by atoms with van der Waals surface area (Å²) in [5.74, 6) is -2.05. The maximum absolute atomic E-state index is 12.5. The molecule has 1 N–H and O–H groups in total. The minimum atomic E-state index is -0.624. The van der Waals surface area contributed by atoms with E-state index in [1.807, 2.05) is 45.0 Å². The number of anilines is 2. The monoisotopic (exact) mass is 466 g/mol. The van der Waals surface area contributed by atoms with Gasteiger partial charge in [0, 0.05) is 24.3 Å². The quantitative estimate of drug-likeness (QED) is 0.567. The van der Waals surface area contributed by atoms with Crippen LogP contribution in [0.4, 0.5) is 11.4 Å². The predicted molar refractivity (Wildman–Crippen MR) is 127 cm³/mol. The van der Waals surface area contributed by atoms with Gasteiger partial charge in [0.2, 0.25) is 5.91 Å². The summed E-state index contributed by atoms with van der Waals surface area (Å²) >= 11 is 0. The van der Waals surface area contributed by atoms with Gasteiger partial charge in [0.05, 0.1) is 18.1 Å². The van der Waals surface area contributed by atoms with Gasteiger partial charge in [-0.25, -0.2) is 4.79 Å². The van der Waals surface area contributed by atoms with Crippen molar-refractivity contribution in [2.24, 2.45) is 11.8 Å². The summed E-state index contributed by atoms with van der Waals surface area (Å²) in [5, 5.41) is 2.62. The second-order valence-corrected chi connectivity index (χ2v) is 8.61. The SMILES string of the molecule is CCc1ccccc1N1C[C@H](C(=O)OCC(=O)Nc2ccc(C(=O)OCC(C)C)cc2)CC1=O. The highest BCUT2D eigenvalue weighted by atomic mass is 16.5. The van der Waals surface area contributed by atoms with Crippen molar-refractivity contribution in [1.29, 1.82) is 0 Å². The number of carbonyl (C=O) groups excluding carboxylic acids is 4. The van der Waals surface area contributed by atoms with E-state index in [2.05, 4.69) is 5.32 Å². The van der Waals surface area contributed by atoms with Crippen LogP contribution in [0.2, 0.25) is 0 Å². The molecule has 2 aromatic rings. The van der Waals surface area contributed by atoms with Crippen LogP contribution in [0.3, 0.4) is 0 Å². The number of amides is 2. The van der Waals surface area contributed by atoms with Gasteiger partial charge < -0.3 is 19.7 Å². The van der Waals surface area contributed by atoms with Gasteiger partial charge in [-0.1, -0.05) is 39.0 Å². The van der Waals surface area contributed by atoms with E-state index in [-0.39, 0.29) is 24.8 Å². The standard InChI is InChI=1S/C26H30N2O6/c1-4-18-7-5-6-8-22(18)28-14-20(13-24(28)30)26(32)34-16-23(29)27-21-11-9-19(10-12-21)25(31)33-15-17(2)3/h5-12,17,20H,4,13-16H2,1-3H3,(H,27,29)/t20-/m1/s1. The molecule has 0 saturated carbocycles. The molecule has 0 unspecified atom stereocenters. The Kier molecular flexibility index (Phi) is 8.40. The number of carbonyl (C=O) groups is 4. The molecule has 1 fully saturated rings. The molecule has 8 heteroatoms. The van der Waals surface area contributed by atoms with E-state index in [0.717, 1.165) is 17.7 Å². The molecule has 1 heterocycles. The molecule has 0 bridgehead atoms. The third-order valence-corrected chi connectivity index (χ3v) is 5.42. The van der Waals surface area contributed by atoms with E-state index >= 15 is 0 Å². The van der Waals surface area contributed by atoms with Gasteiger partial charge in [-0.15, -0.1) is 0 Å². The number of para-hydroxylation sites is 1. The van der Waals surface area contributed by atoms with E-state index in [0.29, 0.717) is 17.9 Å². The van der Waals surface area contributed by atoms with Gasteiger partial charge >= 0.3 is 11.9 Å². The molecule has 2 aromatic carbocycles. The first-order valence-corrected chi connectivity index (χ1v) is 11.4. The average molecular weight is 467 g/mol. The number of rotatable bonds is 9. The zero-order chi connectivity index (χ0) is 24.7. The lowest BCUT2D eigenvalue weighted by Gasteiger charge is -2.19. The smallest absolute Gasteiger partial charge is 0.338 e. The maximum Gasteiger partial charge on any atom is 0.338 e. The molecule has 34 heavy (non-hydrogen) atoms. The average Bonchev–Trinajstić information content (AvgIpc) is 3.22. The topological polar surface area (TPSA) is 102 Å². The van der Waals surface area contributed by atoms with E-state index in [1.54, 1.807) is 29.2 Å². The zero-order valence-corrected chi connectivity index (χ0v) is 19.7. The summed E-state index contributed by atoms with van der Waals surface area (Å²) in [6, 6.07) is 13.9. The van der Waals surface area contributed by atoms with Crippen LogP contribution >= 0.6 is 0 Å². The van der Waals surface area contributed by atoms with Crippen LogP contribution in [0.1, 0.15) is 43.1 Å². The molecule has 180 valence electrons. The van der Waals surface area contributed by atoms with Crippen molar-refractivity contribution in [3.05, 3.63) is 59.7 Å². The van der Waals surface area contributed by atoms with Gasteiger partial charge in [-0.05, 0) is 48.2 Å². The van der Waals surface area contributed by atoms with Gasteiger partial charge in [-0.3, -0.25) is 14.4 Å². The summed E-state index contributed by atoms with van der Waals surface area (Å²) in [4.78, 5) is 50.7. The van der Waals surface area contributed by atoms with Crippen molar-refractivity contribution in [3.8, 4) is 0 Å². The normalized spacial score (nSPS) is 15.4. The van der Waals surface area contributed by atoms with Crippen LogP contribution in [-0.4, -0.2) is 43.5 Å². The number of benzene rings is 2. The Bertz CT molecular complexity index is 1050. The van der Waals surface area contributed by atoms with Gasteiger partial charge in [0.1, 0.15) is 0 Å². The van der Waals surface area contributed by atoms with Crippen LogP contribution in [0, 0.1) is 11.8 Å². The Balaban J connectivity index is 1.48. The molecule has 1 aliphatic heterocycles. The number of hydrogen-bond donors (Lipinski definition) is 1. The molecule has 0 radical (unpaired) electrons. The Morgan fingerprint density at radius 3 is 2.44 bits per heavy atom. The van der Waals surface area contributed by atoms with E-state index in [1.165, 1.54) is 0 Å². The first kappa shape index (κ1) is 25.0. The molecule has 0 aromatic heterocycles. The number of nitrogens with zero attached hydrogens (tertiary/aromatic N) is 1. The van der Waals surface area contributed by atoms with Crippen LogP contribution in [0.25, 0.3) is 0 Å². The molecular weight excluding hydrogens is 436 g/mol. The Labute approximate surface area is 199 Å². The predicted octanol–water partition coefficient (Wildman–Crippen LogP) is 3.60. The van der Waals surface area contributed by atoms with Crippen molar-refractivity contribution in [2.75, 3.05) is 30.0 Å². The highest BCUT2D eigenvalue weighted by Gasteiger charge is 2.37. The lowest BCUT2D eigenvalue weighted by Crippen LogP contribution is -2.28. The van der Waals surface area contributed by atoms with E-state index in [9.17, 15) is 19.2 Å². The van der Waals surface area contributed by atoms with Crippen molar-refractivity contribution in [3.63, 3.8) is 0 Å². The minimum Gasteiger partial charge on any atom is -0.462 e. The summed E-state index contributed by atoms with van der Waals surface area (Å²) in [7, 11) is 0. The number of aryl methyl sites for hydroxylation is 1. The fraction of sp³-hybridized carbons (Fsp3) is 0.385. The van der Waals surface area contributed by atoms with Crippen LogP contribution in [0.15, 0.2) is 48.5 Å². The summed E-state index contributed by atoms with van der Waals surface area (Å²) in [5.41, 5.74) is 2.67. The number of esters is 2. The Morgan fingerprint density at radius 2 is 1.76 bits per heavy atom. The lowest BCUT2D eigenvalue weighted by atomic mass is 10.1. The Hall–Kier alpha value is -3.68. The first-order chi connectivity index (χ1) is 16.3. The highest BCUT2D eigenvalue weighted by molar-refractivity contribution is 6.00. The lowest BCUT2D eigenvalue weighted by molar-refractivity contribution is -0.151. The van der Waals surface area contributed by atoms with Gasteiger partial charge in [0.15, 0.2) is 6.61 Å².